The van der Waals surface area contributed by atoms with Crippen LogP contribution < -0.4 is 0 Å². The molecule has 3 heteroatoms. The second-order valence-electron chi connectivity index (χ2n) is 6.37. The molecule has 0 saturated carbocycles. The van der Waals surface area contributed by atoms with Crippen molar-refractivity contribution in [3.8, 4) is 0 Å². The highest BCUT2D eigenvalue weighted by molar-refractivity contribution is 4.81. The van der Waals surface area contributed by atoms with Crippen molar-refractivity contribution in [3.63, 3.8) is 0 Å². The minimum absolute atomic E-state index is 0.0720. The van der Waals surface area contributed by atoms with Gasteiger partial charge in [-0.15, -0.1) is 0 Å². The summed E-state index contributed by atoms with van der Waals surface area (Å²) in [6.07, 6.45) is 19.8. The van der Waals surface area contributed by atoms with Gasteiger partial charge in [0, 0.05) is 0 Å². The minimum Gasteiger partial charge on any atom is -0.394 e. The molecule has 1 aliphatic rings. The van der Waals surface area contributed by atoms with Gasteiger partial charge < -0.3 is 14.6 Å². The van der Waals surface area contributed by atoms with Crippen LogP contribution in [0.15, 0.2) is 12.2 Å². The summed E-state index contributed by atoms with van der Waals surface area (Å²) in [6, 6.07) is 0. The molecular weight excluding hydrogens is 276 g/mol. The summed E-state index contributed by atoms with van der Waals surface area (Å²) < 4.78 is 11.0. The van der Waals surface area contributed by atoms with E-state index in [-0.39, 0.29) is 19.0 Å². The van der Waals surface area contributed by atoms with Crippen LogP contribution in [0.5, 0.6) is 0 Å². The van der Waals surface area contributed by atoms with Crippen molar-refractivity contribution in [2.75, 3.05) is 13.2 Å². The molecule has 1 aliphatic heterocycles. The number of aliphatic hydroxyl groups is 1. The molecule has 0 bridgehead atoms. The van der Waals surface area contributed by atoms with Gasteiger partial charge in [0.15, 0.2) is 6.29 Å². The van der Waals surface area contributed by atoms with Gasteiger partial charge in [-0.3, -0.25) is 0 Å². The number of allylic oxidation sites excluding steroid dienone is 2. The van der Waals surface area contributed by atoms with Crippen LogP contribution in [0.4, 0.5) is 0 Å². The molecule has 1 N–H and O–H groups in total. The van der Waals surface area contributed by atoms with Gasteiger partial charge in [0.2, 0.25) is 0 Å². The van der Waals surface area contributed by atoms with Crippen molar-refractivity contribution in [1.82, 2.24) is 0 Å². The number of ether oxygens (including phenoxy) is 2. The second kappa shape index (κ2) is 14.2. The third-order valence-corrected chi connectivity index (χ3v) is 4.22. The second-order valence-corrected chi connectivity index (χ2v) is 6.37. The lowest BCUT2D eigenvalue weighted by Crippen LogP contribution is -2.16. The summed E-state index contributed by atoms with van der Waals surface area (Å²) in [4.78, 5) is 0. The molecule has 1 heterocycles. The van der Waals surface area contributed by atoms with Crippen LogP contribution in [0.1, 0.15) is 84.0 Å². The van der Waals surface area contributed by atoms with Crippen LogP contribution in [-0.2, 0) is 9.47 Å². The van der Waals surface area contributed by atoms with E-state index >= 15 is 0 Å². The quantitative estimate of drug-likeness (QED) is 0.363. The highest BCUT2D eigenvalue weighted by Gasteiger charge is 2.24. The smallest absolute Gasteiger partial charge is 0.158 e. The van der Waals surface area contributed by atoms with Crippen LogP contribution in [0, 0.1) is 0 Å². The number of rotatable bonds is 14. The van der Waals surface area contributed by atoms with E-state index in [4.69, 9.17) is 14.6 Å². The van der Waals surface area contributed by atoms with Crippen LogP contribution in [0.25, 0.3) is 0 Å². The highest BCUT2D eigenvalue weighted by atomic mass is 16.7. The molecule has 0 amide bonds. The van der Waals surface area contributed by atoms with Crippen LogP contribution in [0.3, 0.4) is 0 Å². The average Bonchev–Trinajstić information content (AvgIpc) is 3.00. The van der Waals surface area contributed by atoms with Crippen molar-refractivity contribution in [2.45, 2.75) is 96.4 Å². The third-order valence-electron chi connectivity index (χ3n) is 4.22. The molecule has 0 aromatic rings. The molecule has 0 aliphatic carbocycles. The van der Waals surface area contributed by atoms with Gasteiger partial charge in [0.1, 0.15) is 6.10 Å². The Morgan fingerprint density at radius 3 is 2.18 bits per heavy atom. The van der Waals surface area contributed by atoms with Crippen molar-refractivity contribution in [3.05, 3.63) is 12.2 Å². The Morgan fingerprint density at radius 1 is 0.909 bits per heavy atom. The van der Waals surface area contributed by atoms with Gasteiger partial charge in [0.05, 0.1) is 13.2 Å². The molecule has 0 radical (unpaired) electrons. The summed E-state index contributed by atoms with van der Waals surface area (Å²) >= 11 is 0. The Kier molecular flexibility index (Phi) is 12.7. The molecule has 2 atom stereocenters. The third kappa shape index (κ3) is 10.4. The van der Waals surface area contributed by atoms with Crippen molar-refractivity contribution in [2.24, 2.45) is 0 Å². The first-order valence-corrected chi connectivity index (χ1v) is 9.39. The summed E-state index contributed by atoms with van der Waals surface area (Å²) in [5.41, 5.74) is 0. The Hall–Kier alpha value is -0.380. The zero-order valence-corrected chi connectivity index (χ0v) is 14.5. The molecule has 1 saturated heterocycles. The van der Waals surface area contributed by atoms with Crippen LogP contribution >= 0.6 is 0 Å². The molecule has 0 aromatic carbocycles. The molecule has 130 valence electrons. The maximum Gasteiger partial charge on any atom is 0.158 e. The first-order valence-electron chi connectivity index (χ1n) is 9.39. The van der Waals surface area contributed by atoms with Crippen LogP contribution in [-0.4, -0.2) is 30.7 Å². The molecule has 0 spiro atoms. The van der Waals surface area contributed by atoms with E-state index in [1.54, 1.807) is 0 Å². The molecule has 3 nitrogen and oxygen atoms in total. The molecular formula is C19H36O3. The fourth-order valence-corrected chi connectivity index (χ4v) is 2.78. The Balaban J connectivity index is 1.77. The summed E-state index contributed by atoms with van der Waals surface area (Å²) in [5.74, 6) is 0. The lowest BCUT2D eigenvalue weighted by molar-refractivity contribution is -0.0701. The standard InChI is InChI=1S/C19H36O3/c1-2-3-4-5-6-7-8-9-10-11-12-13-14-15-19-21-17-18(16-20)22-19/h7-8,18-20H,2-6,9-17H2,1H3/b8-7-/t18-,19+/m0/s1. The summed E-state index contributed by atoms with van der Waals surface area (Å²) in [5, 5.41) is 8.96. The van der Waals surface area contributed by atoms with E-state index in [2.05, 4.69) is 19.1 Å². The highest BCUT2D eigenvalue weighted by Crippen LogP contribution is 2.18. The monoisotopic (exact) mass is 312 g/mol. The molecule has 0 aromatic heterocycles. The Bertz CT molecular complexity index is 265. The zero-order valence-electron chi connectivity index (χ0n) is 14.5. The molecule has 1 rings (SSSR count). The minimum atomic E-state index is -0.0984. The van der Waals surface area contributed by atoms with Gasteiger partial charge in [-0.25, -0.2) is 0 Å². The van der Waals surface area contributed by atoms with E-state index in [1.807, 2.05) is 0 Å². The average molecular weight is 312 g/mol. The first kappa shape index (κ1) is 19.7. The maximum absolute atomic E-state index is 8.96. The van der Waals surface area contributed by atoms with E-state index in [1.165, 1.54) is 64.2 Å². The van der Waals surface area contributed by atoms with E-state index < -0.39 is 0 Å². The largest absolute Gasteiger partial charge is 0.394 e. The topological polar surface area (TPSA) is 38.7 Å². The summed E-state index contributed by atoms with van der Waals surface area (Å²) in [6.45, 7) is 2.88. The number of hydrogen-bond acceptors (Lipinski definition) is 3. The van der Waals surface area contributed by atoms with Gasteiger partial charge in [-0.1, -0.05) is 57.6 Å². The predicted octanol–water partition coefficient (Wildman–Crippen LogP) is 4.98. The van der Waals surface area contributed by atoms with E-state index in [0.717, 1.165) is 12.8 Å². The van der Waals surface area contributed by atoms with Crippen molar-refractivity contribution in [1.29, 1.82) is 0 Å². The van der Waals surface area contributed by atoms with E-state index in [0.29, 0.717) is 6.61 Å². The SMILES string of the molecule is CCCCCC/C=C\CCCCCCC[C@@H]1OC[C@H](CO)O1. The number of hydrogen-bond donors (Lipinski definition) is 1. The Labute approximate surface area is 137 Å². The number of unbranched alkanes of at least 4 members (excludes halogenated alkanes) is 9. The number of aliphatic hydroxyl groups excluding tert-OH is 1. The van der Waals surface area contributed by atoms with Crippen LogP contribution in [0.2, 0.25) is 0 Å². The van der Waals surface area contributed by atoms with Gasteiger partial charge in [0.25, 0.3) is 0 Å². The molecule has 0 unspecified atom stereocenters. The Morgan fingerprint density at radius 2 is 1.55 bits per heavy atom. The lowest BCUT2D eigenvalue weighted by Gasteiger charge is -2.09. The molecule has 1 fully saturated rings. The first-order chi connectivity index (χ1) is 10.9. The van der Waals surface area contributed by atoms with Crippen molar-refractivity contribution >= 4 is 0 Å². The van der Waals surface area contributed by atoms with Gasteiger partial charge >= 0.3 is 0 Å². The fourth-order valence-electron chi connectivity index (χ4n) is 2.78. The predicted molar refractivity (Wildman–Crippen MR) is 91.9 cm³/mol. The zero-order chi connectivity index (χ0) is 15.9. The normalized spacial score (nSPS) is 21.9. The lowest BCUT2D eigenvalue weighted by atomic mass is 10.1. The van der Waals surface area contributed by atoms with Gasteiger partial charge in [-0.05, 0) is 38.5 Å². The van der Waals surface area contributed by atoms with Crippen molar-refractivity contribution < 1.29 is 14.6 Å². The summed E-state index contributed by atoms with van der Waals surface area (Å²) in [7, 11) is 0. The molecule has 22 heavy (non-hydrogen) atoms. The van der Waals surface area contributed by atoms with E-state index in [9.17, 15) is 0 Å². The maximum atomic E-state index is 8.96. The van der Waals surface area contributed by atoms with Gasteiger partial charge in [-0.2, -0.15) is 0 Å². The fraction of sp³-hybridized carbons (Fsp3) is 0.895.